The fourth-order valence-corrected chi connectivity index (χ4v) is 3.02. The SMILES string of the molecule is Cc1ccc(C)c([C@H](C)NC(=O)C[C@](C)(C(=O)O)c2ccccc2)c1. The number of nitrogens with one attached hydrogen (secondary N) is 1. The Hall–Kier alpha value is -2.62. The van der Waals surface area contributed by atoms with Crippen molar-refractivity contribution < 1.29 is 14.7 Å². The summed E-state index contributed by atoms with van der Waals surface area (Å²) in [4.78, 5) is 24.4. The zero-order valence-corrected chi connectivity index (χ0v) is 15.2. The second kappa shape index (κ2) is 7.51. The summed E-state index contributed by atoms with van der Waals surface area (Å²) in [6, 6.07) is 14.8. The zero-order valence-electron chi connectivity index (χ0n) is 15.2. The number of hydrogen-bond donors (Lipinski definition) is 2. The molecule has 2 rings (SSSR count). The van der Waals surface area contributed by atoms with Gasteiger partial charge in [0, 0.05) is 6.42 Å². The van der Waals surface area contributed by atoms with Gasteiger partial charge in [-0.05, 0) is 44.4 Å². The number of rotatable bonds is 6. The van der Waals surface area contributed by atoms with E-state index in [0.29, 0.717) is 5.56 Å². The third kappa shape index (κ3) is 4.27. The number of carboxylic acid groups (broad SMARTS) is 1. The Morgan fingerprint density at radius 3 is 2.36 bits per heavy atom. The van der Waals surface area contributed by atoms with Crippen molar-refractivity contribution in [2.45, 2.75) is 45.6 Å². The first-order chi connectivity index (χ1) is 11.7. The maximum atomic E-state index is 12.5. The number of aliphatic carboxylic acids is 1. The van der Waals surface area contributed by atoms with Crippen LogP contribution in [0.25, 0.3) is 0 Å². The monoisotopic (exact) mass is 339 g/mol. The molecule has 2 atom stereocenters. The number of amides is 1. The molecule has 0 saturated heterocycles. The molecule has 0 aliphatic heterocycles. The van der Waals surface area contributed by atoms with Gasteiger partial charge in [-0.3, -0.25) is 9.59 Å². The van der Waals surface area contributed by atoms with Gasteiger partial charge < -0.3 is 10.4 Å². The number of carbonyl (C=O) groups is 2. The minimum Gasteiger partial charge on any atom is -0.481 e. The Kier molecular flexibility index (Phi) is 5.62. The molecule has 0 aliphatic rings. The lowest BCUT2D eigenvalue weighted by Gasteiger charge is -2.26. The van der Waals surface area contributed by atoms with Gasteiger partial charge in [0.25, 0.3) is 0 Å². The molecule has 0 heterocycles. The Morgan fingerprint density at radius 1 is 1.12 bits per heavy atom. The standard InChI is InChI=1S/C21H25NO3/c1-14-10-11-15(2)18(12-14)16(3)22-19(23)13-21(4,20(24)25)17-8-6-5-7-9-17/h5-12,16H,13H2,1-4H3,(H,22,23)(H,24,25)/t16-,21-/m0/s1. The molecule has 0 aromatic heterocycles. The normalized spacial score (nSPS) is 14.4. The lowest BCUT2D eigenvalue weighted by molar-refractivity contribution is -0.145. The summed E-state index contributed by atoms with van der Waals surface area (Å²) in [5.74, 6) is -1.28. The third-order valence-corrected chi connectivity index (χ3v) is 4.68. The predicted molar refractivity (Wildman–Crippen MR) is 98.5 cm³/mol. The van der Waals surface area contributed by atoms with E-state index in [1.807, 2.05) is 45.0 Å². The average molecular weight is 339 g/mol. The number of carboxylic acids is 1. The molecule has 0 bridgehead atoms. The van der Waals surface area contributed by atoms with E-state index in [1.54, 1.807) is 31.2 Å². The van der Waals surface area contributed by atoms with Gasteiger partial charge in [0.05, 0.1) is 11.5 Å². The highest BCUT2D eigenvalue weighted by atomic mass is 16.4. The van der Waals surface area contributed by atoms with Gasteiger partial charge in [0.1, 0.15) is 0 Å². The molecule has 0 spiro atoms. The molecule has 132 valence electrons. The molecule has 4 nitrogen and oxygen atoms in total. The third-order valence-electron chi connectivity index (χ3n) is 4.68. The largest absolute Gasteiger partial charge is 0.481 e. The Balaban J connectivity index is 2.17. The van der Waals surface area contributed by atoms with E-state index in [-0.39, 0.29) is 18.4 Å². The van der Waals surface area contributed by atoms with Crippen LogP contribution < -0.4 is 5.32 Å². The van der Waals surface area contributed by atoms with E-state index in [1.165, 1.54) is 0 Å². The van der Waals surface area contributed by atoms with Crippen LogP contribution in [0.3, 0.4) is 0 Å². The van der Waals surface area contributed by atoms with Crippen LogP contribution in [0.5, 0.6) is 0 Å². The summed E-state index contributed by atoms with van der Waals surface area (Å²) < 4.78 is 0. The summed E-state index contributed by atoms with van der Waals surface area (Å²) >= 11 is 0. The highest BCUT2D eigenvalue weighted by Gasteiger charge is 2.37. The minimum absolute atomic E-state index is 0.110. The molecule has 1 amide bonds. The van der Waals surface area contributed by atoms with Crippen molar-refractivity contribution >= 4 is 11.9 Å². The smallest absolute Gasteiger partial charge is 0.314 e. The minimum atomic E-state index is -1.26. The van der Waals surface area contributed by atoms with Gasteiger partial charge in [0.2, 0.25) is 5.91 Å². The van der Waals surface area contributed by atoms with Crippen molar-refractivity contribution in [2.24, 2.45) is 0 Å². The average Bonchev–Trinajstić information content (AvgIpc) is 2.57. The number of carbonyl (C=O) groups excluding carboxylic acids is 1. The van der Waals surface area contributed by atoms with Crippen molar-refractivity contribution in [3.05, 3.63) is 70.8 Å². The Bertz CT molecular complexity index is 770. The van der Waals surface area contributed by atoms with Crippen molar-refractivity contribution in [3.63, 3.8) is 0 Å². The highest BCUT2D eigenvalue weighted by molar-refractivity contribution is 5.89. The first kappa shape index (κ1) is 18.7. The van der Waals surface area contributed by atoms with Crippen molar-refractivity contribution in [1.82, 2.24) is 5.32 Å². The van der Waals surface area contributed by atoms with Gasteiger partial charge in [-0.2, -0.15) is 0 Å². The molecule has 0 unspecified atom stereocenters. The first-order valence-electron chi connectivity index (χ1n) is 8.39. The van der Waals surface area contributed by atoms with Crippen LogP contribution in [0.4, 0.5) is 0 Å². The van der Waals surface area contributed by atoms with Gasteiger partial charge in [-0.25, -0.2) is 0 Å². The number of aryl methyl sites for hydroxylation is 2. The summed E-state index contributed by atoms with van der Waals surface area (Å²) in [6.07, 6.45) is -0.110. The maximum Gasteiger partial charge on any atom is 0.314 e. The second-order valence-electron chi connectivity index (χ2n) is 6.83. The predicted octanol–water partition coefficient (Wildman–Crippen LogP) is 3.91. The maximum absolute atomic E-state index is 12.5. The number of hydrogen-bond acceptors (Lipinski definition) is 2. The van der Waals surface area contributed by atoms with Crippen molar-refractivity contribution in [3.8, 4) is 0 Å². The lowest BCUT2D eigenvalue weighted by atomic mass is 9.79. The van der Waals surface area contributed by atoms with E-state index < -0.39 is 11.4 Å². The molecule has 4 heteroatoms. The molecule has 0 aliphatic carbocycles. The van der Waals surface area contributed by atoms with Crippen LogP contribution in [-0.2, 0) is 15.0 Å². The fourth-order valence-electron chi connectivity index (χ4n) is 3.02. The molecular weight excluding hydrogens is 314 g/mol. The quantitative estimate of drug-likeness (QED) is 0.838. The molecular formula is C21H25NO3. The lowest BCUT2D eigenvalue weighted by Crippen LogP contribution is -2.39. The first-order valence-corrected chi connectivity index (χ1v) is 8.39. The van der Waals surface area contributed by atoms with Crippen LogP contribution >= 0.6 is 0 Å². The summed E-state index contributed by atoms with van der Waals surface area (Å²) in [7, 11) is 0. The van der Waals surface area contributed by atoms with E-state index in [4.69, 9.17) is 0 Å². The summed E-state index contributed by atoms with van der Waals surface area (Å²) in [5, 5.41) is 12.6. The van der Waals surface area contributed by atoms with E-state index >= 15 is 0 Å². The molecule has 2 aromatic carbocycles. The molecule has 0 radical (unpaired) electrons. The second-order valence-corrected chi connectivity index (χ2v) is 6.83. The Labute approximate surface area is 148 Å². The molecule has 0 saturated carbocycles. The summed E-state index contributed by atoms with van der Waals surface area (Å²) in [6.45, 7) is 7.52. The fraction of sp³-hybridized carbons (Fsp3) is 0.333. The highest BCUT2D eigenvalue weighted by Crippen LogP contribution is 2.28. The van der Waals surface area contributed by atoms with E-state index in [9.17, 15) is 14.7 Å². The molecule has 2 aromatic rings. The van der Waals surface area contributed by atoms with Crippen molar-refractivity contribution in [1.29, 1.82) is 0 Å². The van der Waals surface area contributed by atoms with Crippen LogP contribution in [0.1, 0.15) is 48.6 Å². The van der Waals surface area contributed by atoms with Crippen LogP contribution in [0.15, 0.2) is 48.5 Å². The van der Waals surface area contributed by atoms with Crippen LogP contribution in [0.2, 0.25) is 0 Å². The van der Waals surface area contributed by atoms with Gasteiger partial charge in [0.15, 0.2) is 0 Å². The van der Waals surface area contributed by atoms with E-state index in [2.05, 4.69) is 5.32 Å². The molecule has 25 heavy (non-hydrogen) atoms. The summed E-state index contributed by atoms with van der Waals surface area (Å²) in [5.41, 5.74) is 2.64. The van der Waals surface area contributed by atoms with Gasteiger partial charge in [-0.15, -0.1) is 0 Å². The Morgan fingerprint density at radius 2 is 1.76 bits per heavy atom. The topological polar surface area (TPSA) is 66.4 Å². The zero-order chi connectivity index (χ0) is 18.6. The van der Waals surface area contributed by atoms with Crippen LogP contribution in [0, 0.1) is 13.8 Å². The van der Waals surface area contributed by atoms with Crippen molar-refractivity contribution in [2.75, 3.05) is 0 Å². The molecule has 2 N–H and O–H groups in total. The number of benzene rings is 2. The van der Waals surface area contributed by atoms with E-state index in [0.717, 1.165) is 16.7 Å². The van der Waals surface area contributed by atoms with Gasteiger partial charge >= 0.3 is 5.97 Å². The van der Waals surface area contributed by atoms with Gasteiger partial charge in [-0.1, -0.05) is 54.1 Å². The molecule has 0 fully saturated rings. The van der Waals surface area contributed by atoms with Crippen LogP contribution in [-0.4, -0.2) is 17.0 Å².